The molecule has 1 fully saturated rings. The molecule has 1 aromatic rings. The highest BCUT2D eigenvalue weighted by Gasteiger charge is 2.41. The minimum absolute atomic E-state index is 0.163. The third-order valence-corrected chi connectivity index (χ3v) is 3.80. The number of nitrogens with two attached hydrogens (primary N) is 1. The maximum absolute atomic E-state index is 11.7. The van der Waals surface area contributed by atoms with Crippen molar-refractivity contribution in [3.63, 3.8) is 0 Å². The summed E-state index contributed by atoms with van der Waals surface area (Å²) in [5.74, 6) is 0.163. The fourth-order valence-electron chi connectivity index (χ4n) is 2.09. The van der Waals surface area contributed by atoms with Crippen LogP contribution in [-0.2, 0) is 11.8 Å². The summed E-state index contributed by atoms with van der Waals surface area (Å²) in [5.41, 5.74) is 5.28. The Labute approximate surface area is 110 Å². The van der Waals surface area contributed by atoms with Crippen molar-refractivity contribution in [1.29, 1.82) is 0 Å². The highest BCUT2D eigenvalue weighted by atomic mass is 16.5. The molecular formula is C12H20N4O3. The van der Waals surface area contributed by atoms with Crippen molar-refractivity contribution >= 4 is 11.5 Å². The van der Waals surface area contributed by atoms with E-state index in [4.69, 9.17) is 10.5 Å². The number of anilines is 2. The first kappa shape index (κ1) is 13.7. The summed E-state index contributed by atoms with van der Waals surface area (Å²) in [4.78, 5) is 25.3. The number of aromatic nitrogens is 2. The van der Waals surface area contributed by atoms with E-state index in [0.29, 0.717) is 13.2 Å². The SMILES string of the molecule is COCCC1(CNc2c(N)n(C)c(=O)[nH]c2=O)CC1. The maximum atomic E-state index is 11.7. The van der Waals surface area contributed by atoms with E-state index >= 15 is 0 Å². The second-order valence-electron chi connectivity index (χ2n) is 5.17. The molecule has 0 unspecified atom stereocenters. The lowest BCUT2D eigenvalue weighted by atomic mass is 10.0. The number of hydrogen-bond donors (Lipinski definition) is 3. The summed E-state index contributed by atoms with van der Waals surface area (Å²) in [7, 11) is 3.20. The molecule has 1 aliphatic rings. The van der Waals surface area contributed by atoms with Gasteiger partial charge >= 0.3 is 5.69 Å². The minimum Gasteiger partial charge on any atom is -0.385 e. The third-order valence-electron chi connectivity index (χ3n) is 3.80. The van der Waals surface area contributed by atoms with Gasteiger partial charge in [-0.1, -0.05) is 0 Å². The lowest BCUT2D eigenvalue weighted by Crippen LogP contribution is -2.33. The van der Waals surface area contributed by atoms with E-state index in [1.807, 2.05) is 0 Å². The van der Waals surface area contributed by atoms with Crippen molar-refractivity contribution in [2.45, 2.75) is 19.3 Å². The molecule has 7 heteroatoms. The van der Waals surface area contributed by atoms with E-state index in [1.165, 1.54) is 11.6 Å². The molecule has 106 valence electrons. The van der Waals surface area contributed by atoms with Crippen LogP contribution >= 0.6 is 0 Å². The molecule has 0 saturated heterocycles. The second-order valence-corrected chi connectivity index (χ2v) is 5.17. The number of H-pyrrole nitrogens is 1. The first-order chi connectivity index (χ1) is 8.99. The Balaban J connectivity index is 2.11. The van der Waals surface area contributed by atoms with Gasteiger partial charge in [-0.25, -0.2) is 4.79 Å². The zero-order valence-corrected chi connectivity index (χ0v) is 11.3. The molecule has 0 bridgehead atoms. The predicted molar refractivity (Wildman–Crippen MR) is 73.4 cm³/mol. The van der Waals surface area contributed by atoms with E-state index < -0.39 is 11.2 Å². The number of nitrogens with one attached hydrogen (secondary N) is 2. The highest BCUT2D eigenvalue weighted by Crippen LogP contribution is 2.48. The monoisotopic (exact) mass is 268 g/mol. The van der Waals surface area contributed by atoms with Crippen LogP contribution in [-0.4, -0.2) is 29.8 Å². The lowest BCUT2D eigenvalue weighted by molar-refractivity contribution is 0.175. The second kappa shape index (κ2) is 5.08. The van der Waals surface area contributed by atoms with Crippen LogP contribution in [0.5, 0.6) is 0 Å². The van der Waals surface area contributed by atoms with E-state index in [2.05, 4.69) is 10.3 Å². The summed E-state index contributed by atoms with van der Waals surface area (Å²) in [5, 5.41) is 3.08. The molecule has 1 saturated carbocycles. The van der Waals surface area contributed by atoms with Gasteiger partial charge in [0.25, 0.3) is 5.56 Å². The van der Waals surface area contributed by atoms with Gasteiger partial charge in [0.1, 0.15) is 11.5 Å². The van der Waals surface area contributed by atoms with Gasteiger partial charge in [-0.2, -0.15) is 0 Å². The standard InChI is InChI=1S/C12H20N4O3/c1-16-9(13)8(10(17)15-11(16)18)14-7-12(3-4-12)5-6-19-2/h14H,3-7,13H2,1-2H3,(H,15,17,18). The van der Waals surface area contributed by atoms with Crippen molar-refractivity contribution in [2.24, 2.45) is 12.5 Å². The summed E-state index contributed by atoms with van der Waals surface area (Å²) in [6.45, 7) is 1.38. The van der Waals surface area contributed by atoms with Crippen LogP contribution < -0.4 is 22.3 Å². The van der Waals surface area contributed by atoms with Gasteiger partial charge in [0.05, 0.1) is 0 Å². The molecule has 19 heavy (non-hydrogen) atoms. The van der Waals surface area contributed by atoms with Gasteiger partial charge in [-0.05, 0) is 24.7 Å². The predicted octanol–water partition coefficient (Wildman–Crippen LogP) is -0.116. The molecule has 0 aromatic carbocycles. The smallest absolute Gasteiger partial charge is 0.329 e. The van der Waals surface area contributed by atoms with Crippen molar-refractivity contribution in [3.05, 3.63) is 20.8 Å². The normalized spacial score (nSPS) is 16.3. The Morgan fingerprint density at radius 1 is 1.47 bits per heavy atom. The third kappa shape index (κ3) is 2.81. The topological polar surface area (TPSA) is 102 Å². The van der Waals surface area contributed by atoms with Gasteiger partial charge in [-0.15, -0.1) is 0 Å². The summed E-state index contributed by atoms with van der Waals surface area (Å²) < 4.78 is 6.31. The van der Waals surface area contributed by atoms with Gasteiger partial charge in [0, 0.05) is 27.3 Å². The zero-order chi connectivity index (χ0) is 14.0. The van der Waals surface area contributed by atoms with E-state index in [9.17, 15) is 9.59 Å². The van der Waals surface area contributed by atoms with E-state index in [0.717, 1.165) is 19.3 Å². The molecule has 0 atom stereocenters. The van der Waals surface area contributed by atoms with Crippen LogP contribution in [0.2, 0.25) is 0 Å². The molecule has 0 amide bonds. The Hall–Kier alpha value is -1.76. The summed E-state index contributed by atoms with van der Waals surface area (Å²) in [6.07, 6.45) is 3.19. The molecule has 2 rings (SSSR count). The van der Waals surface area contributed by atoms with Crippen LogP contribution in [0.1, 0.15) is 19.3 Å². The van der Waals surface area contributed by atoms with Gasteiger partial charge in [-0.3, -0.25) is 14.3 Å². The minimum atomic E-state index is -0.506. The fourth-order valence-corrected chi connectivity index (χ4v) is 2.09. The van der Waals surface area contributed by atoms with Gasteiger partial charge < -0.3 is 15.8 Å². The number of methoxy groups -OCH3 is 1. The van der Waals surface area contributed by atoms with Gasteiger partial charge in [0.15, 0.2) is 0 Å². The van der Waals surface area contributed by atoms with Gasteiger partial charge in [0.2, 0.25) is 0 Å². The van der Waals surface area contributed by atoms with Crippen molar-refractivity contribution in [2.75, 3.05) is 31.3 Å². The molecule has 7 nitrogen and oxygen atoms in total. The number of nitrogens with zero attached hydrogens (tertiary/aromatic N) is 1. The van der Waals surface area contributed by atoms with Crippen molar-refractivity contribution < 1.29 is 4.74 Å². The Bertz CT molecular complexity index is 571. The van der Waals surface area contributed by atoms with E-state index in [1.54, 1.807) is 7.11 Å². The average molecular weight is 268 g/mol. The van der Waals surface area contributed by atoms with Crippen molar-refractivity contribution in [1.82, 2.24) is 9.55 Å². The Morgan fingerprint density at radius 3 is 2.74 bits per heavy atom. The number of rotatable bonds is 6. The average Bonchev–Trinajstić information content (AvgIpc) is 3.14. The quantitative estimate of drug-likeness (QED) is 0.668. The molecule has 1 heterocycles. The maximum Gasteiger partial charge on any atom is 0.329 e. The van der Waals surface area contributed by atoms with Crippen LogP contribution in [0.15, 0.2) is 9.59 Å². The first-order valence-corrected chi connectivity index (χ1v) is 6.31. The van der Waals surface area contributed by atoms with Crippen LogP contribution in [0.4, 0.5) is 11.5 Å². The van der Waals surface area contributed by atoms with Crippen LogP contribution in [0.3, 0.4) is 0 Å². The molecule has 1 aromatic heterocycles. The molecule has 4 N–H and O–H groups in total. The molecule has 0 radical (unpaired) electrons. The number of hydrogen-bond acceptors (Lipinski definition) is 5. The van der Waals surface area contributed by atoms with Crippen LogP contribution in [0.25, 0.3) is 0 Å². The number of aromatic amines is 1. The summed E-state index contributed by atoms with van der Waals surface area (Å²) >= 11 is 0. The molecule has 1 aliphatic carbocycles. The Morgan fingerprint density at radius 2 is 2.16 bits per heavy atom. The highest BCUT2D eigenvalue weighted by molar-refractivity contribution is 5.60. The van der Waals surface area contributed by atoms with Crippen molar-refractivity contribution in [3.8, 4) is 0 Å². The molecule has 0 aliphatic heterocycles. The zero-order valence-electron chi connectivity index (χ0n) is 11.3. The van der Waals surface area contributed by atoms with E-state index in [-0.39, 0.29) is 16.9 Å². The molecule has 0 spiro atoms. The number of nitrogen functional groups attached to an aromatic ring is 1. The molecular weight excluding hydrogens is 248 g/mol. The Kier molecular flexibility index (Phi) is 3.66. The first-order valence-electron chi connectivity index (χ1n) is 6.31. The summed E-state index contributed by atoms with van der Waals surface area (Å²) in [6, 6.07) is 0. The fraction of sp³-hybridized carbons (Fsp3) is 0.667. The largest absolute Gasteiger partial charge is 0.385 e. The lowest BCUT2D eigenvalue weighted by Gasteiger charge is -2.17. The number of ether oxygens (including phenoxy) is 1. The van der Waals surface area contributed by atoms with Crippen LogP contribution in [0, 0.1) is 5.41 Å².